The van der Waals surface area contributed by atoms with Crippen molar-refractivity contribution in [1.29, 1.82) is 0 Å². The quantitative estimate of drug-likeness (QED) is 0.632. The number of fused-ring (bicyclic) bond motifs is 1. The Morgan fingerprint density at radius 2 is 1.95 bits per heavy atom. The van der Waals surface area contributed by atoms with E-state index < -0.39 is 12.1 Å². The highest BCUT2D eigenvalue weighted by Gasteiger charge is 2.72. The Kier molecular flexibility index (Phi) is 2.26. The monoisotopic (exact) mass is 266 g/mol. The lowest BCUT2D eigenvalue weighted by Gasteiger charge is -2.56. The number of carbonyl (C=O) groups excluding carboxylic acids is 1. The predicted molar refractivity (Wildman–Crippen MR) is 67.0 cm³/mol. The standard InChI is InChI=1S/C15H22O4/c1-8-4-5-11-9(2)12(16)17-13-15(11)10(8)6-7-14(3,18-13)19-15/h8-11,13H,4-7H2,1-3H3/t8?,9?,10-,11-,13+,14-,15-/m1/s1. The number of rotatable bonds is 0. The first kappa shape index (κ1) is 12.2. The molecule has 1 spiro atoms. The van der Waals surface area contributed by atoms with Crippen LogP contribution in [0.1, 0.15) is 46.5 Å². The van der Waals surface area contributed by atoms with Crippen molar-refractivity contribution in [3.8, 4) is 0 Å². The Balaban J connectivity index is 1.84. The van der Waals surface area contributed by atoms with E-state index in [1.54, 1.807) is 0 Å². The molecule has 3 saturated heterocycles. The molecule has 1 aliphatic carbocycles. The number of hydrogen-bond donors (Lipinski definition) is 0. The Morgan fingerprint density at radius 1 is 1.16 bits per heavy atom. The molecule has 2 unspecified atom stereocenters. The van der Waals surface area contributed by atoms with Crippen LogP contribution in [0.5, 0.6) is 0 Å². The fourth-order valence-electron chi connectivity index (χ4n) is 5.03. The topological polar surface area (TPSA) is 44.8 Å². The second kappa shape index (κ2) is 3.53. The molecule has 4 rings (SSSR count). The summed E-state index contributed by atoms with van der Waals surface area (Å²) in [6.45, 7) is 6.28. The van der Waals surface area contributed by atoms with Crippen LogP contribution in [0.4, 0.5) is 0 Å². The fraction of sp³-hybridized carbons (Fsp3) is 0.933. The van der Waals surface area contributed by atoms with Crippen molar-refractivity contribution in [3.63, 3.8) is 0 Å². The Morgan fingerprint density at radius 3 is 2.74 bits per heavy atom. The van der Waals surface area contributed by atoms with Crippen LogP contribution in [0, 0.1) is 23.7 Å². The predicted octanol–water partition coefficient (Wildman–Crippen LogP) is 2.46. The molecular formula is C15H22O4. The minimum Gasteiger partial charge on any atom is -0.432 e. The van der Waals surface area contributed by atoms with E-state index in [9.17, 15) is 4.79 Å². The zero-order valence-corrected chi connectivity index (χ0v) is 11.8. The molecular weight excluding hydrogens is 244 g/mol. The Labute approximate surface area is 113 Å². The SMILES string of the molecule is CC1CC[C@@H]2C(C)C(=O)O[C@H]3O[C@@]4(C)CC[C@H]1[C@]32O4. The van der Waals surface area contributed by atoms with Gasteiger partial charge in [-0.25, -0.2) is 0 Å². The van der Waals surface area contributed by atoms with Crippen LogP contribution in [0.3, 0.4) is 0 Å². The van der Waals surface area contributed by atoms with E-state index in [1.165, 1.54) is 6.42 Å². The third kappa shape index (κ3) is 1.34. The van der Waals surface area contributed by atoms with Gasteiger partial charge in [-0.1, -0.05) is 13.8 Å². The van der Waals surface area contributed by atoms with Crippen molar-refractivity contribution in [2.24, 2.45) is 23.7 Å². The van der Waals surface area contributed by atoms with Crippen molar-refractivity contribution >= 4 is 5.97 Å². The first-order valence-electron chi connectivity index (χ1n) is 7.55. The average Bonchev–Trinajstić information content (AvgIpc) is 2.56. The summed E-state index contributed by atoms with van der Waals surface area (Å²) in [6.07, 6.45) is 3.76. The Hall–Kier alpha value is -0.610. The molecule has 106 valence electrons. The number of esters is 1. The van der Waals surface area contributed by atoms with Gasteiger partial charge in [0.1, 0.15) is 5.60 Å². The summed E-state index contributed by atoms with van der Waals surface area (Å²) in [5, 5.41) is 0. The van der Waals surface area contributed by atoms with Gasteiger partial charge >= 0.3 is 5.97 Å². The van der Waals surface area contributed by atoms with E-state index in [1.807, 2.05) is 13.8 Å². The first-order chi connectivity index (χ1) is 8.96. The lowest BCUT2D eigenvalue weighted by Crippen LogP contribution is -2.65. The molecule has 0 aromatic carbocycles. The van der Waals surface area contributed by atoms with Gasteiger partial charge in [-0.15, -0.1) is 0 Å². The molecule has 2 bridgehead atoms. The summed E-state index contributed by atoms with van der Waals surface area (Å²) in [5.41, 5.74) is -0.377. The van der Waals surface area contributed by atoms with E-state index in [4.69, 9.17) is 14.2 Å². The van der Waals surface area contributed by atoms with Gasteiger partial charge in [-0.3, -0.25) is 4.79 Å². The van der Waals surface area contributed by atoms with Crippen LogP contribution in [-0.2, 0) is 19.0 Å². The van der Waals surface area contributed by atoms with Crippen LogP contribution < -0.4 is 0 Å². The number of carbonyl (C=O) groups is 1. The van der Waals surface area contributed by atoms with Gasteiger partial charge in [-0.2, -0.15) is 0 Å². The van der Waals surface area contributed by atoms with E-state index >= 15 is 0 Å². The molecule has 3 aliphatic heterocycles. The van der Waals surface area contributed by atoms with E-state index in [0.29, 0.717) is 11.8 Å². The van der Waals surface area contributed by atoms with Gasteiger partial charge in [0.15, 0.2) is 5.79 Å². The number of ether oxygens (including phenoxy) is 3. The van der Waals surface area contributed by atoms with Crippen molar-refractivity contribution in [2.75, 3.05) is 0 Å². The third-order valence-electron chi connectivity index (χ3n) is 6.00. The molecule has 0 aromatic heterocycles. The largest absolute Gasteiger partial charge is 0.432 e. The average molecular weight is 266 g/mol. The smallest absolute Gasteiger partial charge is 0.311 e. The highest BCUT2D eigenvalue weighted by atomic mass is 16.8. The van der Waals surface area contributed by atoms with Crippen LogP contribution in [0.2, 0.25) is 0 Å². The molecule has 3 heterocycles. The summed E-state index contributed by atoms with van der Waals surface area (Å²) in [6, 6.07) is 0. The van der Waals surface area contributed by atoms with E-state index in [2.05, 4.69) is 6.92 Å². The molecule has 4 aliphatic rings. The number of hydrogen-bond acceptors (Lipinski definition) is 4. The van der Waals surface area contributed by atoms with Gasteiger partial charge in [0.05, 0.1) is 5.92 Å². The third-order valence-corrected chi connectivity index (χ3v) is 6.00. The van der Waals surface area contributed by atoms with Gasteiger partial charge in [0.2, 0.25) is 6.29 Å². The van der Waals surface area contributed by atoms with E-state index in [-0.39, 0.29) is 23.4 Å². The summed E-state index contributed by atoms with van der Waals surface area (Å²) in [5.74, 6) is 0.586. The van der Waals surface area contributed by atoms with Crippen LogP contribution in [-0.4, -0.2) is 23.6 Å². The Bertz CT molecular complexity index is 436. The summed E-state index contributed by atoms with van der Waals surface area (Å²) >= 11 is 0. The van der Waals surface area contributed by atoms with Crippen LogP contribution in [0.25, 0.3) is 0 Å². The molecule has 0 aromatic rings. The first-order valence-corrected chi connectivity index (χ1v) is 7.55. The van der Waals surface area contributed by atoms with Crippen molar-refractivity contribution in [1.82, 2.24) is 0 Å². The molecule has 7 atom stereocenters. The lowest BCUT2D eigenvalue weighted by atomic mass is 9.57. The molecule has 0 N–H and O–H groups in total. The minimum absolute atomic E-state index is 0.0738. The zero-order valence-electron chi connectivity index (χ0n) is 11.8. The maximum absolute atomic E-state index is 12.1. The lowest BCUT2D eigenvalue weighted by molar-refractivity contribution is -0.263. The highest BCUT2D eigenvalue weighted by molar-refractivity contribution is 5.74. The summed E-state index contributed by atoms with van der Waals surface area (Å²) in [4.78, 5) is 12.1. The van der Waals surface area contributed by atoms with Crippen molar-refractivity contribution in [3.05, 3.63) is 0 Å². The summed E-state index contributed by atoms with van der Waals surface area (Å²) < 4.78 is 18.0. The molecule has 4 heteroatoms. The maximum atomic E-state index is 12.1. The van der Waals surface area contributed by atoms with Crippen molar-refractivity contribution in [2.45, 2.75) is 64.1 Å². The zero-order chi connectivity index (χ0) is 13.4. The van der Waals surface area contributed by atoms with E-state index in [0.717, 1.165) is 19.3 Å². The fourth-order valence-corrected chi connectivity index (χ4v) is 5.03. The van der Waals surface area contributed by atoms with Crippen LogP contribution in [0.15, 0.2) is 0 Å². The molecule has 19 heavy (non-hydrogen) atoms. The van der Waals surface area contributed by atoms with Gasteiger partial charge in [0.25, 0.3) is 0 Å². The van der Waals surface area contributed by atoms with Gasteiger partial charge in [-0.05, 0) is 38.0 Å². The molecule has 4 fully saturated rings. The molecule has 4 nitrogen and oxygen atoms in total. The molecule has 0 radical (unpaired) electrons. The normalized spacial score (nSPS) is 59.5. The second-order valence-electron chi connectivity index (χ2n) is 7.07. The van der Waals surface area contributed by atoms with Crippen molar-refractivity contribution < 1.29 is 19.0 Å². The summed E-state index contributed by atoms with van der Waals surface area (Å²) in [7, 11) is 0. The molecule has 1 saturated carbocycles. The van der Waals surface area contributed by atoms with Gasteiger partial charge < -0.3 is 14.2 Å². The molecule has 0 amide bonds. The van der Waals surface area contributed by atoms with Crippen LogP contribution >= 0.6 is 0 Å². The second-order valence-corrected chi connectivity index (χ2v) is 7.07. The van der Waals surface area contributed by atoms with Gasteiger partial charge in [0, 0.05) is 12.3 Å². The minimum atomic E-state index is -0.555. The highest BCUT2D eigenvalue weighted by Crippen LogP contribution is 2.62. The maximum Gasteiger partial charge on any atom is 0.311 e.